The van der Waals surface area contributed by atoms with E-state index in [1.54, 1.807) is 7.11 Å². The zero-order valence-electron chi connectivity index (χ0n) is 17.9. The Morgan fingerprint density at radius 3 is 2.57 bits per heavy atom. The van der Waals surface area contributed by atoms with E-state index in [0.29, 0.717) is 43.7 Å². The maximum absolute atomic E-state index is 12.8. The van der Waals surface area contributed by atoms with E-state index >= 15 is 0 Å². The zero-order valence-corrected chi connectivity index (χ0v) is 17.9. The molecule has 2 rings (SSSR count). The number of carbonyl (C=O) groups is 2. The summed E-state index contributed by atoms with van der Waals surface area (Å²) >= 11 is 0. The third-order valence-corrected chi connectivity index (χ3v) is 5.03. The van der Waals surface area contributed by atoms with Crippen LogP contribution < -0.4 is 19.7 Å². The standard InChI is InChI=1S/C21H33N3O4/c1-7-28-17-9-8-16(12-18(17)27-6)13-23(5)14-24-19(25)21(4,22-20(24)26)11-10-15(2)3/h8-9,12,15H,7,10-11,13-14H2,1-6H3,(H,22,26)/p+1/t21-/m0/s1. The van der Waals surface area contributed by atoms with Crippen LogP contribution >= 0.6 is 0 Å². The Bertz CT molecular complexity index is 707. The number of imide groups is 1. The lowest BCUT2D eigenvalue weighted by Gasteiger charge is -2.23. The number of ether oxygens (including phenoxy) is 2. The molecule has 1 aliphatic rings. The smallest absolute Gasteiger partial charge is 0.329 e. The number of nitrogens with zero attached hydrogens (tertiary/aromatic N) is 1. The summed E-state index contributed by atoms with van der Waals surface area (Å²) in [5.41, 5.74) is 0.247. The lowest BCUT2D eigenvalue weighted by Crippen LogP contribution is -3.09. The number of quaternary nitrogens is 1. The summed E-state index contributed by atoms with van der Waals surface area (Å²) in [6, 6.07) is 5.50. The average Bonchev–Trinajstić information content (AvgIpc) is 2.85. The Kier molecular flexibility index (Phi) is 7.29. The van der Waals surface area contributed by atoms with Crippen LogP contribution in [0.5, 0.6) is 11.5 Å². The van der Waals surface area contributed by atoms with Crippen LogP contribution in [0, 0.1) is 5.92 Å². The molecule has 7 nitrogen and oxygen atoms in total. The summed E-state index contributed by atoms with van der Waals surface area (Å²) in [5, 5.41) is 2.88. The summed E-state index contributed by atoms with van der Waals surface area (Å²) in [5.74, 6) is 1.74. The number of methoxy groups -OCH3 is 1. The second-order valence-corrected chi connectivity index (χ2v) is 8.14. The van der Waals surface area contributed by atoms with Crippen LogP contribution in [-0.4, -0.2) is 49.8 Å². The van der Waals surface area contributed by atoms with Gasteiger partial charge in [-0.05, 0) is 50.8 Å². The van der Waals surface area contributed by atoms with Gasteiger partial charge in [0.15, 0.2) is 18.2 Å². The fourth-order valence-electron chi connectivity index (χ4n) is 3.41. The molecule has 1 saturated heterocycles. The molecule has 1 unspecified atom stereocenters. The van der Waals surface area contributed by atoms with E-state index in [1.807, 2.05) is 39.1 Å². The highest BCUT2D eigenvalue weighted by molar-refractivity contribution is 6.06. The lowest BCUT2D eigenvalue weighted by atomic mass is 9.92. The molecule has 0 radical (unpaired) electrons. The highest BCUT2D eigenvalue weighted by Gasteiger charge is 2.48. The first-order valence-electron chi connectivity index (χ1n) is 9.95. The van der Waals surface area contributed by atoms with Crippen LogP contribution in [0.3, 0.4) is 0 Å². The quantitative estimate of drug-likeness (QED) is 0.596. The van der Waals surface area contributed by atoms with Gasteiger partial charge < -0.3 is 19.7 Å². The molecule has 156 valence electrons. The average molecular weight is 393 g/mol. The molecule has 0 saturated carbocycles. The number of carbonyl (C=O) groups excluding carboxylic acids is 2. The summed E-state index contributed by atoms with van der Waals surface area (Å²) in [4.78, 5) is 27.6. The molecular weight excluding hydrogens is 358 g/mol. The van der Waals surface area contributed by atoms with Crippen molar-refractivity contribution in [2.75, 3.05) is 27.4 Å². The first kappa shape index (κ1) is 22.0. The van der Waals surface area contributed by atoms with Crippen LogP contribution in [0.1, 0.15) is 46.1 Å². The molecule has 1 fully saturated rings. The Labute approximate surface area is 168 Å². The SMILES string of the molecule is CCOc1ccc(C[NH+](C)CN2C(=O)N[C@@](C)(CCC(C)C)C2=O)cc1OC. The predicted molar refractivity (Wildman–Crippen MR) is 107 cm³/mol. The largest absolute Gasteiger partial charge is 0.493 e. The van der Waals surface area contributed by atoms with Gasteiger partial charge in [-0.25, -0.2) is 9.69 Å². The highest BCUT2D eigenvalue weighted by atomic mass is 16.5. The van der Waals surface area contributed by atoms with Gasteiger partial charge in [0.1, 0.15) is 12.1 Å². The summed E-state index contributed by atoms with van der Waals surface area (Å²) in [6.45, 7) is 9.53. The minimum atomic E-state index is -0.802. The van der Waals surface area contributed by atoms with E-state index in [1.165, 1.54) is 4.90 Å². The maximum Gasteiger partial charge on any atom is 0.329 e. The Hall–Kier alpha value is -2.28. The Morgan fingerprint density at radius 1 is 1.25 bits per heavy atom. The van der Waals surface area contributed by atoms with Gasteiger partial charge in [-0.1, -0.05) is 13.8 Å². The number of hydrogen-bond donors (Lipinski definition) is 2. The number of amides is 3. The van der Waals surface area contributed by atoms with Gasteiger partial charge in [-0.15, -0.1) is 0 Å². The molecule has 0 aliphatic carbocycles. The molecule has 0 bridgehead atoms. The number of benzene rings is 1. The van der Waals surface area contributed by atoms with E-state index in [-0.39, 0.29) is 11.9 Å². The van der Waals surface area contributed by atoms with Gasteiger partial charge in [0.2, 0.25) is 0 Å². The van der Waals surface area contributed by atoms with Crippen molar-refractivity contribution in [1.29, 1.82) is 0 Å². The van der Waals surface area contributed by atoms with Crippen molar-refractivity contribution in [3.05, 3.63) is 23.8 Å². The number of hydrogen-bond acceptors (Lipinski definition) is 4. The van der Waals surface area contributed by atoms with Gasteiger partial charge in [-0.3, -0.25) is 4.79 Å². The van der Waals surface area contributed by atoms with Crippen molar-refractivity contribution in [2.24, 2.45) is 5.92 Å². The molecule has 1 heterocycles. The highest BCUT2D eigenvalue weighted by Crippen LogP contribution is 2.28. The molecular formula is C21H34N3O4+. The van der Waals surface area contributed by atoms with E-state index < -0.39 is 5.54 Å². The zero-order chi connectivity index (χ0) is 20.9. The van der Waals surface area contributed by atoms with Gasteiger partial charge >= 0.3 is 6.03 Å². The monoisotopic (exact) mass is 392 g/mol. The minimum Gasteiger partial charge on any atom is -0.493 e. The number of rotatable bonds is 10. The van der Waals surface area contributed by atoms with Crippen molar-refractivity contribution in [3.8, 4) is 11.5 Å². The van der Waals surface area contributed by atoms with Crippen molar-refractivity contribution in [3.63, 3.8) is 0 Å². The summed E-state index contributed by atoms with van der Waals surface area (Å²) in [7, 11) is 3.58. The van der Waals surface area contributed by atoms with E-state index in [4.69, 9.17) is 9.47 Å². The summed E-state index contributed by atoms with van der Waals surface area (Å²) < 4.78 is 10.9. The van der Waals surface area contributed by atoms with E-state index in [2.05, 4.69) is 19.2 Å². The minimum absolute atomic E-state index is 0.137. The molecule has 1 aliphatic heterocycles. The van der Waals surface area contributed by atoms with Crippen LogP contribution in [0.2, 0.25) is 0 Å². The van der Waals surface area contributed by atoms with Gasteiger partial charge in [0.25, 0.3) is 5.91 Å². The van der Waals surface area contributed by atoms with Crippen LogP contribution in [0.25, 0.3) is 0 Å². The maximum atomic E-state index is 12.8. The van der Waals surface area contributed by atoms with Gasteiger partial charge in [-0.2, -0.15) is 0 Å². The van der Waals surface area contributed by atoms with E-state index in [9.17, 15) is 9.59 Å². The van der Waals surface area contributed by atoms with Crippen LogP contribution in [0.15, 0.2) is 18.2 Å². The van der Waals surface area contributed by atoms with Crippen LogP contribution in [-0.2, 0) is 11.3 Å². The van der Waals surface area contributed by atoms with Crippen molar-refractivity contribution in [2.45, 2.75) is 52.6 Å². The number of nitrogens with one attached hydrogen (secondary N) is 2. The topological polar surface area (TPSA) is 72.3 Å². The number of urea groups is 1. The van der Waals surface area contributed by atoms with Gasteiger partial charge in [0, 0.05) is 5.56 Å². The molecule has 0 aromatic heterocycles. The second kappa shape index (κ2) is 9.28. The van der Waals surface area contributed by atoms with Gasteiger partial charge in [0.05, 0.1) is 20.8 Å². The lowest BCUT2D eigenvalue weighted by molar-refractivity contribution is -0.901. The van der Waals surface area contributed by atoms with Crippen LogP contribution in [0.4, 0.5) is 4.79 Å². The molecule has 0 spiro atoms. The van der Waals surface area contributed by atoms with E-state index in [0.717, 1.165) is 16.9 Å². The second-order valence-electron chi connectivity index (χ2n) is 8.14. The molecule has 28 heavy (non-hydrogen) atoms. The third-order valence-electron chi connectivity index (χ3n) is 5.03. The first-order chi connectivity index (χ1) is 13.2. The molecule has 2 atom stereocenters. The first-order valence-corrected chi connectivity index (χ1v) is 9.95. The molecule has 1 aromatic rings. The Morgan fingerprint density at radius 2 is 1.96 bits per heavy atom. The van der Waals surface area contributed by atoms with Crippen molar-refractivity contribution >= 4 is 11.9 Å². The third kappa shape index (κ3) is 5.16. The summed E-state index contributed by atoms with van der Waals surface area (Å²) in [6.07, 6.45) is 1.55. The fraction of sp³-hybridized carbons (Fsp3) is 0.619. The normalized spacial score (nSPS) is 20.5. The fourth-order valence-corrected chi connectivity index (χ4v) is 3.41. The van der Waals surface area contributed by atoms with Crippen molar-refractivity contribution < 1.29 is 24.0 Å². The molecule has 1 aromatic carbocycles. The molecule has 2 N–H and O–H groups in total. The molecule has 3 amide bonds. The predicted octanol–water partition coefficient (Wildman–Crippen LogP) is 1.81. The molecule has 7 heteroatoms. The van der Waals surface area contributed by atoms with Crippen molar-refractivity contribution in [1.82, 2.24) is 10.2 Å². The Balaban J connectivity index is 2.01.